The van der Waals surface area contributed by atoms with E-state index >= 15 is 0 Å². The summed E-state index contributed by atoms with van der Waals surface area (Å²) in [5.74, 6) is -3.70. The molecule has 2 bridgehead atoms. The lowest BCUT2D eigenvalue weighted by atomic mass is 10.0. The maximum atomic E-state index is 14.8. The lowest BCUT2D eigenvalue weighted by Crippen LogP contribution is -2.28. The molecule has 180 valence electrons. The van der Waals surface area contributed by atoms with Crippen molar-refractivity contribution in [1.82, 2.24) is 9.88 Å². The number of halogens is 3. The van der Waals surface area contributed by atoms with Gasteiger partial charge in [-0.05, 0) is 49.4 Å². The zero-order valence-electron chi connectivity index (χ0n) is 18.3. The molecule has 2 aliphatic heterocycles. The van der Waals surface area contributed by atoms with Gasteiger partial charge in [-0.3, -0.25) is 4.90 Å². The van der Waals surface area contributed by atoms with Crippen molar-refractivity contribution < 1.29 is 21.6 Å². The summed E-state index contributed by atoms with van der Waals surface area (Å²) in [7, 11) is -4.12. The van der Waals surface area contributed by atoms with E-state index in [9.17, 15) is 21.6 Å². The van der Waals surface area contributed by atoms with Gasteiger partial charge in [0.25, 0.3) is 0 Å². The standard InChI is InChI=1S/C24H24F3N3O2S2/c25-20-3-1-2-15(11-30-17-4-5-18(30)7-6-17)19(20)10-28-21-8-9-22(24(27)23(21)26)34(31,32)13-16-12-33-14-29-16/h1-3,8-9,12,14,17-18,28H,4-7,10-11,13H2. The van der Waals surface area contributed by atoms with Gasteiger partial charge in [-0.15, -0.1) is 11.3 Å². The van der Waals surface area contributed by atoms with Crippen molar-refractivity contribution >= 4 is 26.9 Å². The zero-order chi connectivity index (χ0) is 23.9. The lowest BCUT2D eigenvalue weighted by molar-refractivity contribution is 0.243. The van der Waals surface area contributed by atoms with E-state index in [0.29, 0.717) is 24.2 Å². The number of nitrogens with one attached hydrogen (secondary N) is 1. The summed E-state index contributed by atoms with van der Waals surface area (Å²) in [6, 6.07) is 8.14. The summed E-state index contributed by atoms with van der Waals surface area (Å²) in [5.41, 5.74) is 2.73. The maximum absolute atomic E-state index is 14.8. The smallest absolute Gasteiger partial charge is 0.187 e. The van der Waals surface area contributed by atoms with Crippen LogP contribution in [0, 0.1) is 17.5 Å². The van der Waals surface area contributed by atoms with Crippen LogP contribution in [-0.2, 0) is 28.7 Å². The minimum atomic E-state index is -4.12. The Morgan fingerprint density at radius 3 is 2.44 bits per heavy atom. The van der Waals surface area contributed by atoms with Gasteiger partial charge in [0.05, 0.1) is 22.6 Å². The topological polar surface area (TPSA) is 62.3 Å². The van der Waals surface area contributed by atoms with Crippen LogP contribution in [0.4, 0.5) is 18.9 Å². The van der Waals surface area contributed by atoms with Crippen LogP contribution < -0.4 is 5.32 Å². The van der Waals surface area contributed by atoms with Gasteiger partial charge < -0.3 is 5.32 Å². The van der Waals surface area contributed by atoms with E-state index in [1.54, 1.807) is 11.4 Å². The lowest BCUT2D eigenvalue weighted by Gasteiger charge is -2.23. The molecule has 3 aromatic rings. The Labute approximate surface area is 200 Å². The number of hydrogen-bond acceptors (Lipinski definition) is 6. The molecule has 0 spiro atoms. The molecule has 0 amide bonds. The predicted molar refractivity (Wildman–Crippen MR) is 125 cm³/mol. The summed E-state index contributed by atoms with van der Waals surface area (Å²) in [6.07, 6.45) is 4.65. The second-order valence-electron chi connectivity index (χ2n) is 8.84. The molecule has 5 rings (SSSR count). The Hall–Kier alpha value is -2.43. The summed E-state index contributed by atoms with van der Waals surface area (Å²) in [5, 5.41) is 4.30. The number of anilines is 1. The van der Waals surface area contributed by atoms with Gasteiger partial charge in [-0.2, -0.15) is 0 Å². The van der Waals surface area contributed by atoms with E-state index in [2.05, 4.69) is 15.2 Å². The first-order chi connectivity index (χ1) is 16.3. The van der Waals surface area contributed by atoms with Crippen molar-refractivity contribution in [2.75, 3.05) is 5.32 Å². The third kappa shape index (κ3) is 4.46. The zero-order valence-corrected chi connectivity index (χ0v) is 19.9. The SMILES string of the molecule is O=S(=O)(Cc1cscn1)c1ccc(NCc2c(F)cccc2CN2C3CCC2CC3)c(F)c1F. The monoisotopic (exact) mass is 507 g/mol. The third-order valence-corrected chi connectivity index (χ3v) is 9.13. The normalized spacial score (nSPS) is 20.2. The number of hydrogen-bond donors (Lipinski definition) is 1. The van der Waals surface area contributed by atoms with Crippen LogP contribution in [-0.4, -0.2) is 30.4 Å². The number of rotatable bonds is 8. The second kappa shape index (κ2) is 9.31. The minimum absolute atomic E-state index is 0.0491. The molecular formula is C24H24F3N3O2S2. The van der Waals surface area contributed by atoms with Crippen molar-refractivity contribution in [3.63, 3.8) is 0 Å². The molecule has 1 aromatic heterocycles. The molecule has 10 heteroatoms. The van der Waals surface area contributed by atoms with Crippen LogP contribution in [0.15, 0.2) is 46.1 Å². The van der Waals surface area contributed by atoms with E-state index in [-0.39, 0.29) is 17.9 Å². The average Bonchev–Trinajstić information content (AvgIpc) is 3.54. The van der Waals surface area contributed by atoms with E-state index in [1.165, 1.54) is 29.0 Å². The molecule has 1 N–H and O–H groups in total. The van der Waals surface area contributed by atoms with Crippen LogP contribution in [0.3, 0.4) is 0 Å². The Bertz CT molecular complexity index is 1280. The Morgan fingerprint density at radius 2 is 1.76 bits per heavy atom. The molecule has 2 fully saturated rings. The van der Waals surface area contributed by atoms with Crippen molar-refractivity contribution in [2.45, 2.75) is 61.5 Å². The van der Waals surface area contributed by atoms with E-state index in [4.69, 9.17) is 0 Å². The molecule has 0 saturated carbocycles. The van der Waals surface area contributed by atoms with Gasteiger partial charge in [-0.25, -0.2) is 26.6 Å². The van der Waals surface area contributed by atoms with Crippen LogP contribution >= 0.6 is 11.3 Å². The predicted octanol–water partition coefficient (Wildman–Crippen LogP) is 5.27. The molecule has 0 atom stereocenters. The molecule has 2 aliphatic rings. The van der Waals surface area contributed by atoms with Crippen LogP contribution in [0.5, 0.6) is 0 Å². The molecule has 3 heterocycles. The molecule has 5 nitrogen and oxygen atoms in total. The van der Waals surface area contributed by atoms with Crippen molar-refractivity contribution in [3.05, 3.63) is 75.5 Å². The van der Waals surface area contributed by atoms with Gasteiger partial charge in [0.2, 0.25) is 0 Å². The molecule has 0 radical (unpaired) electrons. The molecule has 34 heavy (non-hydrogen) atoms. The largest absolute Gasteiger partial charge is 0.378 e. The Kier molecular flexibility index (Phi) is 6.39. The van der Waals surface area contributed by atoms with E-state index < -0.39 is 37.9 Å². The maximum Gasteiger partial charge on any atom is 0.187 e. The first-order valence-electron chi connectivity index (χ1n) is 11.2. The third-order valence-electron chi connectivity index (χ3n) is 6.83. The first-order valence-corrected chi connectivity index (χ1v) is 13.8. The van der Waals surface area contributed by atoms with Crippen LogP contribution in [0.2, 0.25) is 0 Å². The number of fused-ring (bicyclic) bond motifs is 2. The van der Waals surface area contributed by atoms with Crippen molar-refractivity contribution in [2.24, 2.45) is 0 Å². The molecular weight excluding hydrogens is 483 g/mol. The number of sulfone groups is 1. The first kappa shape index (κ1) is 23.3. The number of nitrogens with zero attached hydrogens (tertiary/aromatic N) is 2. The molecule has 2 aromatic carbocycles. The molecule has 2 saturated heterocycles. The number of thiazole rings is 1. The fourth-order valence-corrected chi connectivity index (χ4v) is 7.10. The van der Waals surface area contributed by atoms with Gasteiger partial charge in [0.15, 0.2) is 21.5 Å². The van der Waals surface area contributed by atoms with Gasteiger partial charge in [0, 0.05) is 36.1 Å². The average molecular weight is 508 g/mol. The Morgan fingerprint density at radius 1 is 1.03 bits per heavy atom. The number of benzene rings is 2. The fourth-order valence-electron chi connectivity index (χ4n) is 5.10. The summed E-state index contributed by atoms with van der Waals surface area (Å²) in [6.45, 7) is 0.571. The highest BCUT2D eigenvalue weighted by molar-refractivity contribution is 7.90. The highest BCUT2D eigenvalue weighted by Gasteiger charge is 2.39. The summed E-state index contributed by atoms with van der Waals surface area (Å²) in [4.78, 5) is 5.59. The van der Waals surface area contributed by atoms with Gasteiger partial charge in [0.1, 0.15) is 10.7 Å². The second-order valence-corrected chi connectivity index (χ2v) is 11.5. The highest BCUT2D eigenvalue weighted by atomic mass is 32.2. The van der Waals surface area contributed by atoms with Crippen LogP contribution in [0.1, 0.15) is 42.5 Å². The molecule has 0 aliphatic carbocycles. The molecule has 0 unspecified atom stereocenters. The van der Waals surface area contributed by atoms with E-state index in [1.807, 2.05) is 6.07 Å². The summed E-state index contributed by atoms with van der Waals surface area (Å²) >= 11 is 1.22. The van der Waals surface area contributed by atoms with Crippen LogP contribution in [0.25, 0.3) is 0 Å². The number of aromatic nitrogens is 1. The Balaban J connectivity index is 1.34. The van der Waals surface area contributed by atoms with Gasteiger partial charge in [-0.1, -0.05) is 12.1 Å². The van der Waals surface area contributed by atoms with E-state index in [0.717, 1.165) is 37.3 Å². The quantitative estimate of drug-likeness (QED) is 0.450. The van der Waals surface area contributed by atoms with Crippen molar-refractivity contribution in [1.29, 1.82) is 0 Å². The highest BCUT2D eigenvalue weighted by Crippen LogP contribution is 2.39. The summed E-state index contributed by atoms with van der Waals surface area (Å²) < 4.78 is 69.4. The van der Waals surface area contributed by atoms with Gasteiger partial charge >= 0.3 is 0 Å². The minimum Gasteiger partial charge on any atom is -0.378 e. The fraction of sp³-hybridized carbons (Fsp3) is 0.375. The van der Waals surface area contributed by atoms with Crippen molar-refractivity contribution in [3.8, 4) is 0 Å².